The summed E-state index contributed by atoms with van der Waals surface area (Å²) in [6.07, 6.45) is 0.817. The molecule has 29 heavy (non-hydrogen) atoms. The molecule has 0 fully saturated rings. The molecular formula is C21H19ClN2O4S. The minimum Gasteiger partial charge on any atom is -0.497 e. The van der Waals surface area contributed by atoms with Gasteiger partial charge in [-0.15, -0.1) is 11.3 Å². The van der Waals surface area contributed by atoms with Crippen LogP contribution in [-0.4, -0.2) is 30.0 Å². The summed E-state index contributed by atoms with van der Waals surface area (Å²) in [5, 5.41) is 3.23. The van der Waals surface area contributed by atoms with Gasteiger partial charge in [-0.2, -0.15) is 0 Å². The number of methoxy groups -OCH3 is 1. The van der Waals surface area contributed by atoms with E-state index in [1.165, 1.54) is 11.3 Å². The van der Waals surface area contributed by atoms with Crippen molar-refractivity contribution in [3.05, 3.63) is 75.2 Å². The van der Waals surface area contributed by atoms with Crippen molar-refractivity contribution in [1.29, 1.82) is 0 Å². The van der Waals surface area contributed by atoms with Crippen molar-refractivity contribution in [2.24, 2.45) is 0 Å². The Hall–Kier alpha value is -2.90. The van der Waals surface area contributed by atoms with Crippen LogP contribution in [0.1, 0.15) is 32.5 Å². The average molecular weight is 431 g/mol. The van der Waals surface area contributed by atoms with Gasteiger partial charge in [0.05, 0.1) is 19.2 Å². The molecule has 0 amide bonds. The van der Waals surface area contributed by atoms with E-state index in [4.69, 9.17) is 21.1 Å². The molecular weight excluding hydrogens is 412 g/mol. The maximum atomic E-state index is 12.4. The summed E-state index contributed by atoms with van der Waals surface area (Å²) in [4.78, 5) is 29.8. The number of hydrogen-bond donors (Lipinski definition) is 1. The Kier molecular flexibility index (Phi) is 6.85. The highest BCUT2D eigenvalue weighted by molar-refractivity contribution is 7.15. The predicted molar refractivity (Wildman–Crippen MR) is 113 cm³/mol. The first-order valence-corrected chi connectivity index (χ1v) is 9.99. The number of ether oxygens (including phenoxy) is 2. The van der Waals surface area contributed by atoms with Crippen LogP contribution in [0.3, 0.4) is 0 Å². The molecule has 1 N–H and O–H groups in total. The van der Waals surface area contributed by atoms with E-state index in [1.807, 2.05) is 0 Å². The van der Waals surface area contributed by atoms with Crippen LogP contribution in [-0.2, 0) is 11.3 Å². The highest BCUT2D eigenvalue weighted by Gasteiger charge is 2.20. The van der Waals surface area contributed by atoms with Gasteiger partial charge in [0.15, 0.2) is 10.6 Å². The molecule has 1 atom stereocenters. The van der Waals surface area contributed by atoms with E-state index in [0.29, 0.717) is 27.9 Å². The molecule has 0 bridgehead atoms. The van der Waals surface area contributed by atoms with Gasteiger partial charge in [0.2, 0.25) is 5.78 Å². The van der Waals surface area contributed by atoms with Crippen LogP contribution in [0, 0.1) is 0 Å². The second-order valence-corrected chi connectivity index (χ2v) is 7.85. The Labute approximate surface area is 177 Å². The number of anilines is 1. The highest BCUT2D eigenvalue weighted by atomic mass is 35.5. The number of carbonyl (C=O) groups is 2. The first kappa shape index (κ1) is 20.8. The molecule has 6 nitrogen and oxygen atoms in total. The van der Waals surface area contributed by atoms with Crippen LogP contribution in [0.15, 0.2) is 54.7 Å². The van der Waals surface area contributed by atoms with Gasteiger partial charge in [-0.05, 0) is 55.5 Å². The standard InChI is InChI=1S/C21H19ClN2O4S/c1-13(19(25)14-5-9-17(27-2)10-6-14)28-20(26)15-3-7-16(8-4-15)23-11-18-12-24-21(22)29-18/h3-10,12-13,23H,11H2,1-2H3. The second-order valence-electron chi connectivity index (χ2n) is 6.15. The van der Waals surface area contributed by atoms with Crippen LogP contribution in [0.4, 0.5) is 5.69 Å². The summed E-state index contributed by atoms with van der Waals surface area (Å²) in [7, 11) is 1.55. The van der Waals surface area contributed by atoms with E-state index in [2.05, 4.69) is 10.3 Å². The first-order chi connectivity index (χ1) is 14.0. The maximum absolute atomic E-state index is 12.4. The molecule has 8 heteroatoms. The molecule has 0 saturated heterocycles. The number of hydrogen-bond acceptors (Lipinski definition) is 7. The Balaban J connectivity index is 1.55. The number of esters is 1. The minimum absolute atomic E-state index is 0.275. The zero-order valence-electron chi connectivity index (χ0n) is 15.8. The van der Waals surface area contributed by atoms with E-state index < -0.39 is 12.1 Å². The zero-order chi connectivity index (χ0) is 20.8. The second kappa shape index (κ2) is 9.54. The molecule has 0 saturated carbocycles. The van der Waals surface area contributed by atoms with Crippen molar-refractivity contribution in [2.75, 3.05) is 12.4 Å². The number of aromatic nitrogens is 1. The molecule has 0 aliphatic carbocycles. The van der Waals surface area contributed by atoms with E-state index in [0.717, 1.165) is 10.6 Å². The summed E-state index contributed by atoms with van der Waals surface area (Å²) < 4.78 is 10.9. The fraction of sp³-hybridized carbons (Fsp3) is 0.190. The van der Waals surface area contributed by atoms with E-state index >= 15 is 0 Å². The Morgan fingerprint density at radius 3 is 2.34 bits per heavy atom. The first-order valence-electron chi connectivity index (χ1n) is 8.79. The molecule has 3 aromatic rings. The van der Waals surface area contributed by atoms with Gasteiger partial charge >= 0.3 is 5.97 Å². The van der Waals surface area contributed by atoms with Crippen molar-refractivity contribution in [1.82, 2.24) is 4.98 Å². The third-order valence-electron chi connectivity index (χ3n) is 4.14. The lowest BCUT2D eigenvalue weighted by Crippen LogP contribution is -2.24. The molecule has 3 rings (SSSR count). The topological polar surface area (TPSA) is 77.5 Å². The van der Waals surface area contributed by atoms with Gasteiger partial charge in [-0.25, -0.2) is 9.78 Å². The molecule has 2 aromatic carbocycles. The average Bonchev–Trinajstić information content (AvgIpc) is 3.17. The van der Waals surface area contributed by atoms with Gasteiger partial charge in [-0.1, -0.05) is 11.6 Å². The molecule has 150 valence electrons. The number of Topliss-reactive ketones (excluding diaryl/α,β-unsaturated/α-hetero) is 1. The molecule has 0 aliphatic heterocycles. The number of ketones is 1. The number of benzene rings is 2. The normalized spacial score (nSPS) is 11.6. The molecule has 0 aliphatic rings. The molecule has 0 spiro atoms. The minimum atomic E-state index is -0.898. The SMILES string of the molecule is COc1ccc(C(=O)C(C)OC(=O)c2ccc(NCc3cnc(Cl)s3)cc2)cc1. The quantitative estimate of drug-likeness (QED) is 0.406. The molecule has 1 unspecified atom stereocenters. The molecule has 1 aromatic heterocycles. The van der Waals surface area contributed by atoms with Gasteiger partial charge in [0, 0.05) is 22.3 Å². The van der Waals surface area contributed by atoms with Crippen molar-refractivity contribution in [2.45, 2.75) is 19.6 Å². The summed E-state index contributed by atoms with van der Waals surface area (Å²) >= 11 is 7.22. The Morgan fingerprint density at radius 2 is 1.76 bits per heavy atom. The van der Waals surface area contributed by atoms with Crippen LogP contribution < -0.4 is 10.1 Å². The third-order valence-corrected chi connectivity index (χ3v) is 5.26. The maximum Gasteiger partial charge on any atom is 0.338 e. The van der Waals surface area contributed by atoms with Crippen molar-refractivity contribution in [3.63, 3.8) is 0 Å². The van der Waals surface area contributed by atoms with E-state index in [9.17, 15) is 9.59 Å². The van der Waals surface area contributed by atoms with Crippen molar-refractivity contribution in [3.8, 4) is 5.75 Å². The lowest BCUT2D eigenvalue weighted by molar-refractivity contribution is 0.0319. The van der Waals surface area contributed by atoms with Crippen LogP contribution in [0.2, 0.25) is 4.47 Å². The fourth-order valence-electron chi connectivity index (χ4n) is 2.55. The van der Waals surface area contributed by atoms with Crippen LogP contribution >= 0.6 is 22.9 Å². The number of thiazole rings is 1. The summed E-state index contributed by atoms with van der Waals surface area (Å²) in [5.41, 5.74) is 1.66. The molecule has 0 radical (unpaired) electrons. The lowest BCUT2D eigenvalue weighted by Gasteiger charge is -2.13. The molecule has 1 heterocycles. The smallest absolute Gasteiger partial charge is 0.338 e. The highest BCUT2D eigenvalue weighted by Crippen LogP contribution is 2.20. The number of carbonyl (C=O) groups excluding carboxylic acids is 2. The fourth-order valence-corrected chi connectivity index (χ4v) is 3.47. The third kappa shape index (κ3) is 5.56. The Morgan fingerprint density at radius 1 is 1.10 bits per heavy atom. The lowest BCUT2D eigenvalue weighted by atomic mass is 10.1. The Bertz CT molecular complexity index is 987. The van der Waals surface area contributed by atoms with E-state index in [1.54, 1.807) is 68.8 Å². The predicted octanol–water partition coefficient (Wildman–Crippen LogP) is 4.85. The largest absolute Gasteiger partial charge is 0.497 e. The summed E-state index contributed by atoms with van der Waals surface area (Å²) in [5.74, 6) is -0.180. The number of halogens is 1. The van der Waals surface area contributed by atoms with Crippen molar-refractivity contribution >= 4 is 40.4 Å². The van der Waals surface area contributed by atoms with Crippen molar-refractivity contribution < 1.29 is 19.1 Å². The monoisotopic (exact) mass is 430 g/mol. The number of nitrogens with one attached hydrogen (secondary N) is 1. The summed E-state index contributed by atoms with van der Waals surface area (Å²) in [6, 6.07) is 13.5. The van der Waals surface area contributed by atoms with E-state index in [-0.39, 0.29) is 5.78 Å². The van der Waals surface area contributed by atoms with Gasteiger partial charge in [-0.3, -0.25) is 4.79 Å². The number of nitrogens with zero attached hydrogens (tertiary/aromatic N) is 1. The van der Waals surface area contributed by atoms with Gasteiger partial charge < -0.3 is 14.8 Å². The van der Waals surface area contributed by atoms with Crippen LogP contribution in [0.25, 0.3) is 0 Å². The van der Waals surface area contributed by atoms with Gasteiger partial charge in [0.25, 0.3) is 0 Å². The summed E-state index contributed by atoms with van der Waals surface area (Å²) in [6.45, 7) is 2.14. The van der Waals surface area contributed by atoms with Gasteiger partial charge in [0.1, 0.15) is 5.75 Å². The number of rotatable bonds is 8. The van der Waals surface area contributed by atoms with Crippen LogP contribution in [0.5, 0.6) is 5.75 Å². The zero-order valence-corrected chi connectivity index (χ0v) is 17.4.